The van der Waals surface area contributed by atoms with Crippen molar-refractivity contribution in [2.75, 3.05) is 6.54 Å². The fraction of sp³-hybridized carbons (Fsp3) is 0.400. The average molecular weight is 254 g/mol. The standard InChI is InChI=1S/C10H14N4S2/c11-3-10-14-9(6-16-10)4-12-2-1-8-5-15-7-13-8/h5-7,12H,1-4,11H2. The molecule has 4 nitrogen and oxygen atoms in total. The van der Waals surface area contributed by atoms with Crippen LogP contribution in [0, 0.1) is 0 Å². The van der Waals surface area contributed by atoms with Crippen molar-refractivity contribution in [2.45, 2.75) is 19.5 Å². The fourth-order valence-electron chi connectivity index (χ4n) is 1.32. The molecule has 16 heavy (non-hydrogen) atoms. The van der Waals surface area contributed by atoms with Gasteiger partial charge in [-0.3, -0.25) is 0 Å². The largest absolute Gasteiger partial charge is 0.325 e. The van der Waals surface area contributed by atoms with E-state index in [1.165, 1.54) is 0 Å². The normalized spacial score (nSPS) is 10.8. The molecule has 0 fully saturated rings. The Hall–Kier alpha value is -0.820. The predicted octanol–water partition coefficient (Wildman–Crippen LogP) is 1.39. The lowest BCUT2D eigenvalue weighted by molar-refractivity contribution is 0.671. The molecule has 2 heterocycles. The molecule has 6 heteroatoms. The highest BCUT2D eigenvalue weighted by Crippen LogP contribution is 2.08. The van der Waals surface area contributed by atoms with Crippen LogP contribution in [0.2, 0.25) is 0 Å². The average Bonchev–Trinajstić information content (AvgIpc) is 2.95. The van der Waals surface area contributed by atoms with E-state index in [1.54, 1.807) is 22.7 Å². The smallest absolute Gasteiger partial charge is 0.106 e. The van der Waals surface area contributed by atoms with Crippen molar-refractivity contribution in [2.24, 2.45) is 5.73 Å². The Bertz CT molecular complexity index is 410. The molecule has 0 unspecified atom stereocenters. The summed E-state index contributed by atoms with van der Waals surface area (Å²) in [6.45, 7) is 2.27. The molecule has 0 aromatic carbocycles. The summed E-state index contributed by atoms with van der Waals surface area (Å²) >= 11 is 3.26. The zero-order valence-corrected chi connectivity index (χ0v) is 10.5. The monoisotopic (exact) mass is 254 g/mol. The van der Waals surface area contributed by atoms with Crippen molar-refractivity contribution < 1.29 is 0 Å². The third-order valence-corrected chi connectivity index (χ3v) is 3.68. The maximum atomic E-state index is 5.50. The lowest BCUT2D eigenvalue weighted by atomic mass is 10.3. The van der Waals surface area contributed by atoms with Crippen LogP contribution in [0.3, 0.4) is 0 Å². The fourth-order valence-corrected chi connectivity index (χ4v) is 2.58. The van der Waals surface area contributed by atoms with Crippen LogP contribution < -0.4 is 11.1 Å². The summed E-state index contributed by atoms with van der Waals surface area (Å²) in [5.74, 6) is 0. The number of aromatic nitrogens is 2. The summed E-state index contributed by atoms with van der Waals surface area (Å²) in [4.78, 5) is 8.61. The SMILES string of the molecule is NCc1nc(CNCCc2cscn2)cs1. The predicted molar refractivity (Wildman–Crippen MR) is 67.5 cm³/mol. The third-order valence-electron chi connectivity index (χ3n) is 2.12. The van der Waals surface area contributed by atoms with Crippen LogP contribution in [0.25, 0.3) is 0 Å². The first-order valence-corrected chi connectivity index (χ1v) is 6.92. The van der Waals surface area contributed by atoms with Crippen LogP contribution in [0.5, 0.6) is 0 Å². The molecule has 86 valence electrons. The minimum atomic E-state index is 0.531. The van der Waals surface area contributed by atoms with E-state index in [9.17, 15) is 0 Å². The van der Waals surface area contributed by atoms with E-state index in [4.69, 9.17) is 5.73 Å². The van der Waals surface area contributed by atoms with Gasteiger partial charge in [-0.1, -0.05) is 0 Å². The second-order valence-corrected chi connectivity index (χ2v) is 5.00. The van der Waals surface area contributed by atoms with Gasteiger partial charge >= 0.3 is 0 Å². The van der Waals surface area contributed by atoms with Crippen molar-refractivity contribution in [1.29, 1.82) is 0 Å². The number of rotatable bonds is 6. The Kier molecular flexibility index (Phi) is 4.41. The van der Waals surface area contributed by atoms with E-state index >= 15 is 0 Å². The van der Waals surface area contributed by atoms with Crippen LogP contribution in [-0.4, -0.2) is 16.5 Å². The molecular formula is C10H14N4S2. The van der Waals surface area contributed by atoms with Gasteiger partial charge in [-0.2, -0.15) is 0 Å². The molecule has 3 N–H and O–H groups in total. The quantitative estimate of drug-likeness (QED) is 0.765. The van der Waals surface area contributed by atoms with Gasteiger partial charge in [0.15, 0.2) is 0 Å². The van der Waals surface area contributed by atoms with Crippen LogP contribution >= 0.6 is 22.7 Å². The highest BCUT2D eigenvalue weighted by atomic mass is 32.1. The van der Waals surface area contributed by atoms with E-state index in [0.29, 0.717) is 6.54 Å². The molecule has 2 aromatic heterocycles. The van der Waals surface area contributed by atoms with Gasteiger partial charge in [0.2, 0.25) is 0 Å². The first kappa shape index (κ1) is 11.7. The highest BCUT2D eigenvalue weighted by Gasteiger charge is 2.00. The van der Waals surface area contributed by atoms with Crippen molar-refractivity contribution in [1.82, 2.24) is 15.3 Å². The van der Waals surface area contributed by atoms with Crippen molar-refractivity contribution in [3.8, 4) is 0 Å². The summed E-state index contributed by atoms with van der Waals surface area (Å²) in [5, 5.41) is 8.48. The maximum absolute atomic E-state index is 5.50. The maximum Gasteiger partial charge on any atom is 0.106 e. The molecule has 0 bridgehead atoms. The van der Waals surface area contributed by atoms with Crippen molar-refractivity contribution >= 4 is 22.7 Å². The summed E-state index contributed by atoms with van der Waals surface area (Å²) in [7, 11) is 0. The molecule has 0 saturated heterocycles. The van der Waals surface area contributed by atoms with Gasteiger partial charge in [-0.05, 0) is 0 Å². The molecule has 0 aliphatic heterocycles. The van der Waals surface area contributed by atoms with Gasteiger partial charge in [0, 0.05) is 36.8 Å². The molecule has 2 aromatic rings. The van der Waals surface area contributed by atoms with E-state index in [-0.39, 0.29) is 0 Å². The third kappa shape index (κ3) is 3.34. The van der Waals surface area contributed by atoms with E-state index in [2.05, 4.69) is 26.0 Å². The van der Waals surface area contributed by atoms with Gasteiger partial charge in [0.05, 0.1) is 16.9 Å². The Morgan fingerprint density at radius 2 is 2.25 bits per heavy atom. The van der Waals surface area contributed by atoms with Crippen LogP contribution in [0.15, 0.2) is 16.3 Å². The van der Waals surface area contributed by atoms with Crippen molar-refractivity contribution in [3.63, 3.8) is 0 Å². The summed E-state index contributed by atoms with van der Waals surface area (Å²) in [5.41, 5.74) is 9.59. The van der Waals surface area contributed by atoms with Gasteiger partial charge in [0.25, 0.3) is 0 Å². The van der Waals surface area contributed by atoms with Gasteiger partial charge < -0.3 is 11.1 Å². The molecule has 0 radical (unpaired) electrons. The number of hydrogen-bond acceptors (Lipinski definition) is 6. The zero-order chi connectivity index (χ0) is 11.2. The summed E-state index contributed by atoms with van der Waals surface area (Å²) < 4.78 is 0. The number of hydrogen-bond donors (Lipinski definition) is 2. The lowest BCUT2D eigenvalue weighted by Crippen LogP contribution is -2.17. The molecule has 0 saturated carbocycles. The van der Waals surface area contributed by atoms with Crippen molar-refractivity contribution in [3.05, 3.63) is 32.7 Å². The first-order valence-electron chi connectivity index (χ1n) is 5.09. The Morgan fingerprint density at radius 3 is 2.94 bits per heavy atom. The van der Waals surface area contributed by atoms with E-state index in [0.717, 1.165) is 35.9 Å². The highest BCUT2D eigenvalue weighted by molar-refractivity contribution is 7.09. The Balaban J connectivity index is 1.68. The topological polar surface area (TPSA) is 63.8 Å². The number of thiazole rings is 2. The minimum absolute atomic E-state index is 0.531. The molecule has 2 rings (SSSR count). The second kappa shape index (κ2) is 6.05. The van der Waals surface area contributed by atoms with Crippen LogP contribution in [0.1, 0.15) is 16.4 Å². The van der Waals surface area contributed by atoms with E-state index in [1.807, 2.05) is 5.51 Å². The van der Waals surface area contributed by atoms with Gasteiger partial charge in [-0.15, -0.1) is 22.7 Å². The molecule has 0 amide bonds. The summed E-state index contributed by atoms with van der Waals surface area (Å²) in [6.07, 6.45) is 0.970. The first-order chi connectivity index (χ1) is 7.88. The number of nitrogens with zero attached hydrogens (tertiary/aromatic N) is 2. The second-order valence-electron chi connectivity index (χ2n) is 3.34. The zero-order valence-electron chi connectivity index (χ0n) is 8.85. The lowest BCUT2D eigenvalue weighted by Gasteiger charge is -2.00. The molecular weight excluding hydrogens is 240 g/mol. The van der Waals surface area contributed by atoms with E-state index < -0.39 is 0 Å². The van der Waals surface area contributed by atoms with Crippen LogP contribution in [0.4, 0.5) is 0 Å². The summed E-state index contributed by atoms with van der Waals surface area (Å²) in [6, 6.07) is 0. The number of nitrogens with two attached hydrogens (primary N) is 1. The van der Waals surface area contributed by atoms with Crippen LogP contribution in [-0.2, 0) is 19.5 Å². The molecule has 0 spiro atoms. The minimum Gasteiger partial charge on any atom is -0.325 e. The molecule has 0 atom stereocenters. The molecule has 0 aliphatic carbocycles. The Morgan fingerprint density at radius 1 is 1.31 bits per heavy atom. The molecule has 0 aliphatic rings. The van der Waals surface area contributed by atoms with Gasteiger partial charge in [-0.25, -0.2) is 9.97 Å². The Labute approximate surface area is 103 Å². The number of nitrogens with one attached hydrogen (secondary N) is 1. The van der Waals surface area contributed by atoms with Gasteiger partial charge in [0.1, 0.15) is 5.01 Å².